The number of carbonyl (C=O) groups is 2. The van der Waals surface area contributed by atoms with Crippen LogP contribution in [0.4, 0.5) is 5.69 Å². The van der Waals surface area contributed by atoms with Crippen LogP contribution >= 0.6 is 0 Å². The third kappa shape index (κ3) is 4.21. The van der Waals surface area contributed by atoms with Gasteiger partial charge < -0.3 is 19.5 Å². The molecule has 29 heavy (non-hydrogen) atoms. The van der Waals surface area contributed by atoms with Crippen molar-refractivity contribution < 1.29 is 24.2 Å². The van der Waals surface area contributed by atoms with Gasteiger partial charge in [-0.15, -0.1) is 0 Å². The molecule has 1 aliphatic rings. The maximum atomic E-state index is 12.7. The molecule has 1 heterocycles. The van der Waals surface area contributed by atoms with Crippen molar-refractivity contribution in [3.63, 3.8) is 0 Å². The van der Waals surface area contributed by atoms with E-state index in [1.807, 2.05) is 30.3 Å². The summed E-state index contributed by atoms with van der Waals surface area (Å²) in [6.07, 6.45) is -0.0809. The highest BCUT2D eigenvalue weighted by molar-refractivity contribution is 6.00. The number of benzene rings is 3. The highest BCUT2D eigenvalue weighted by Crippen LogP contribution is 2.28. The smallest absolute Gasteiger partial charge is 0.335 e. The number of amides is 1. The van der Waals surface area contributed by atoms with E-state index in [4.69, 9.17) is 14.6 Å². The summed E-state index contributed by atoms with van der Waals surface area (Å²) in [5.74, 6) is 0.783. The van der Waals surface area contributed by atoms with E-state index in [2.05, 4.69) is 0 Å². The Morgan fingerprint density at radius 3 is 2.31 bits per heavy atom. The molecule has 1 unspecified atom stereocenters. The molecule has 1 N–H and O–H groups in total. The Hall–Kier alpha value is -3.80. The van der Waals surface area contributed by atoms with Gasteiger partial charge in [-0.05, 0) is 54.6 Å². The summed E-state index contributed by atoms with van der Waals surface area (Å²) in [6.45, 7) is 0.474. The van der Waals surface area contributed by atoms with Crippen LogP contribution in [0, 0.1) is 0 Å². The molecule has 0 bridgehead atoms. The lowest BCUT2D eigenvalue weighted by atomic mass is 10.2. The van der Waals surface area contributed by atoms with Crippen molar-refractivity contribution >= 4 is 17.6 Å². The van der Waals surface area contributed by atoms with Crippen LogP contribution in [0.5, 0.6) is 17.2 Å². The number of aromatic carboxylic acids is 1. The lowest BCUT2D eigenvalue weighted by Crippen LogP contribution is -2.32. The quantitative estimate of drug-likeness (QED) is 0.678. The van der Waals surface area contributed by atoms with Crippen LogP contribution < -0.4 is 14.4 Å². The maximum absolute atomic E-state index is 12.7. The van der Waals surface area contributed by atoms with Gasteiger partial charge in [-0.2, -0.15) is 0 Å². The summed E-state index contributed by atoms with van der Waals surface area (Å²) in [5, 5.41) is 9.14. The first kappa shape index (κ1) is 18.6. The number of hydrogen-bond donors (Lipinski definition) is 1. The minimum atomic E-state index is -1.02. The predicted molar refractivity (Wildman–Crippen MR) is 108 cm³/mol. The van der Waals surface area contributed by atoms with E-state index in [-0.39, 0.29) is 11.5 Å². The van der Waals surface area contributed by atoms with Crippen molar-refractivity contribution in [3.8, 4) is 17.2 Å². The van der Waals surface area contributed by atoms with Gasteiger partial charge >= 0.3 is 5.97 Å². The molecule has 3 aromatic carbocycles. The van der Waals surface area contributed by atoms with E-state index < -0.39 is 12.1 Å². The Balaban J connectivity index is 1.41. The molecule has 1 amide bonds. The molecule has 3 aromatic rings. The molecule has 1 fully saturated rings. The van der Waals surface area contributed by atoms with Crippen LogP contribution in [0.2, 0.25) is 0 Å². The number of nitrogens with zero attached hydrogens (tertiary/aromatic N) is 1. The van der Waals surface area contributed by atoms with Crippen LogP contribution in [0.15, 0.2) is 78.9 Å². The zero-order chi connectivity index (χ0) is 20.2. The standard InChI is InChI=1S/C23H19NO5/c25-22-21(13-14-24(22)17-6-4-5-16(15-17)23(26)27)29-20-11-9-19(10-12-20)28-18-7-2-1-3-8-18/h1-12,15,21H,13-14H2,(H,26,27). The summed E-state index contributed by atoms with van der Waals surface area (Å²) < 4.78 is 11.6. The number of anilines is 1. The maximum Gasteiger partial charge on any atom is 0.335 e. The lowest BCUT2D eigenvalue weighted by Gasteiger charge is -2.18. The summed E-state index contributed by atoms with van der Waals surface area (Å²) in [5.41, 5.74) is 0.710. The van der Waals surface area contributed by atoms with Crippen molar-refractivity contribution in [1.82, 2.24) is 0 Å². The Morgan fingerprint density at radius 1 is 0.897 bits per heavy atom. The SMILES string of the molecule is O=C(O)c1cccc(N2CCC(Oc3ccc(Oc4ccccc4)cc3)C2=O)c1. The van der Waals surface area contributed by atoms with E-state index in [0.29, 0.717) is 30.2 Å². The molecule has 0 aliphatic carbocycles. The van der Waals surface area contributed by atoms with Gasteiger partial charge in [0.15, 0.2) is 6.10 Å². The highest BCUT2D eigenvalue weighted by Gasteiger charge is 2.34. The number of carboxylic acid groups (broad SMARTS) is 1. The number of carbonyl (C=O) groups excluding carboxylic acids is 1. The normalized spacial score (nSPS) is 15.9. The van der Waals surface area contributed by atoms with Crippen molar-refractivity contribution in [2.24, 2.45) is 0 Å². The van der Waals surface area contributed by atoms with Crippen LogP contribution in [0.3, 0.4) is 0 Å². The fraction of sp³-hybridized carbons (Fsp3) is 0.130. The van der Waals surface area contributed by atoms with Gasteiger partial charge in [0.1, 0.15) is 17.2 Å². The molecule has 4 rings (SSSR count). The molecule has 0 radical (unpaired) electrons. The van der Waals surface area contributed by atoms with E-state index in [1.165, 1.54) is 12.1 Å². The van der Waals surface area contributed by atoms with Crippen molar-refractivity contribution in [2.45, 2.75) is 12.5 Å². The predicted octanol–water partition coefficient (Wildman–Crippen LogP) is 4.36. The minimum absolute atomic E-state index is 0.147. The third-order valence-electron chi connectivity index (χ3n) is 4.64. The zero-order valence-electron chi connectivity index (χ0n) is 15.5. The average Bonchev–Trinajstić information content (AvgIpc) is 3.10. The summed E-state index contributed by atoms with van der Waals surface area (Å²) in [7, 11) is 0. The first-order valence-electron chi connectivity index (χ1n) is 9.24. The Kier molecular flexibility index (Phi) is 5.16. The van der Waals surface area contributed by atoms with Crippen molar-refractivity contribution in [1.29, 1.82) is 0 Å². The topological polar surface area (TPSA) is 76.1 Å². The second-order valence-electron chi connectivity index (χ2n) is 6.63. The van der Waals surface area contributed by atoms with Gasteiger partial charge in [-0.1, -0.05) is 24.3 Å². The number of para-hydroxylation sites is 1. The second kappa shape index (κ2) is 8.06. The van der Waals surface area contributed by atoms with E-state index in [9.17, 15) is 9.59 Å². The van der Waals surface area contributed by atoms with Crippen LogP contribution in [0.1, 0.15) is 16.8 Å². The minimum Gasteiger partial charge on any atom is -0.481 e. The molecule has 1 aliphatic heterocycles. The molecule has 0 aromatic heterocycles. The van der Waals surface area contributed by atoms with Gasteiger partial charge in [0.05, 0.1) is 5.56 Å². The van der Waals surface area contributed by atoms with E-state index >= 15 is 0 Å². The second-order valence-corrected chi connectivity index (χ2v) is 6.63. The molecule has 0 spiro atoms. The third-order valence-corrected chi connectivity index (χ3v) is 4.64. The molecular weight excluding hydrogens is 370 g/mol. The fourth-order valence-corrected chi connectivity index (χ4v) is 3.20. The van der Waals surface area contributed by atoms with Crippen molar-refractivity contribution in [3.05, 3.63) is 84.4 Å². The van der Waals surface area contributed by atoms with Gasteiger partial charge in [-0.25, -0.2) is 4.79 Å². The van der Waals surface area contributed by atoms with E-state index in [0.717, 1.165) is 5.75 Å². The van der Waals surface area contributed by atoms with Gasteiger partial charge in [0.25, 0.3) is 5.91 Å². The van der Waals surface area contributed by atoms with Crippen molar-refractivity contribution in [2.75, 3.05) is 11.4 Å². The van der Waals surface area contributed by atoms with Crippen LogP contribution in [-0.4, -0.2) is 29.6 Å². The number of ether oxygens (including phenoxy) is 2. The molecule has 1 atom stereocenters. The average molecular weight is 389 g/mol. The Labute approximate surface area is 167 Å². The van der Waals surface area contributed by atoms with E-state index in [1.54, 1.807) is 41.3 Å². The van der Waals surface area contributed by atoms with Gasteiger partial charge in [0, 0.05) is 18.7 Å². The highest BCUT2D eigenvalue weighted by atomic mass is 16.5. The largest absolute Gasteiger partial charge is 0.481 e. The van der Waals surface area contributed by atoms with Crippen LogP contribution in [-0.2, 0) is 4.79 Å². The number of rotatable bonds is 6. The molecule has 6 nitrogen and oxygen atoms in total. The Morgan fingerprint density at radius 2 is 1.59 bits per heavy atom. The zero-order valence-corrected chi connectivity index (χ0v) is 15.5. The number of hydrogen-bond acceptors (Lipinski definition) is 4. The molecule has 0 saturated carbocycles. The molecule has 6 heteroatoms. The van der Waals surface area contributed by atoms with Gasteiger partial charge in [-0.3, -0.25) is 4.79 Å². The van der Waals surface area contributed by atoms with Crippen LogP contribution in [0.25, 0.3) is 0 Å². The first-order valence-corrected chi connectivity index (χ1v) is 9.24. The van der Waals surface area contributed by atoms with Gasteiger partial charge in [0.2, 0.25) is 0 Å². The summed E-state index contributed by atoms with van der Waals surface area (Å²) in [4.78, 5) is 25.4. The Bertz CT molecular complexity index is 1020. The molecular formula is C23H19NO5. The fourth-order valence-electron chi connectivity index (χ4n) is 3.20. The number of carboxylic acids is 1. The monoisotopic (exact) mass is 389 g/mol. The first-order chi connectivity index (χ1) is 14.1. The summed E-state index contributed by atoms with van der Waals surface area (Å²) >= 11 is 0. The lowest BCUT2D eigenvalue weighted by molar-refractivity contribution is -0.122. The molecule has 146 valence electrons. The molecule has 1 saturated heterocycles. The summed E-state index contributed by atoms with van der Waals surface area (Å²) in [6, 6.07) is 22.9.